The van der Waals surface area contributed by atoms with E-state index in [9.17, 15) is 4.79 Å². The van der Waals surface area contributed by atoms with Crippen LogP contribution in [-0.4, -0.2) is 46.5 Å². The minimum Gasteiger partial charge on any atom is -0.361 e. The van der Waals surface area contributed by atoms with Crippen molar-refractivity contribution in [1.82, 2.24) is 20.2 Å². The predicted molar refractivity (Wildman–Crippen MR) is 108 cm³/mol. The van der Waals surface area contributed by atoms with Crippen LogP contribution in [0.1, 0.15) is 18.4 Å². The largest absolute Gasteiger partial charge is 0.361 e. The van der Waals surface area contributed by atoms with Crippen LogP contribution in [-0.2, 0) is 11.3 Å². The Bertz CT molecular complexity index is 796. The third-order valence-electron chi connectivity index (χ3n) is 4.40. The van der Waals surface area contributed by atoms with Crippen LogP contribution in [0.2, 0.25) is 15.3 Å². The maximum atomic E-state index is 12.1. The summed E-state index contributed by atoms with van der Waals surface area (Å²) in [7, 11) is 0. The number of amides is 1. The molecule has 2 aromatic rings. The van der Waals surface area contributed by atoms with Gasteiger partial charge in [0.15, 0.2) is 0 Å². The molecule has 1 amide bonds. The van der Waals surface area contributed by atoms with E-state index in [0.717, 1.165) is 38.0 Å². The van der Waals surface area contributed by atoms with Crippen molar-refractivity contribution >= 4 is 46.5 Å². The van der Waals surface area contributed by atoms with Gasteiger partial charge in [0.05, 0.1) is 16.6 Å². The van der Waals surface area contributed by atoms with Crippen molar-refractivity contribution in [2.75, 3.05) is 25.0 Å². The van der Waals surface area contributed by atoms with E-state index in [1.807, 2.05) is 18.2 Å². The van der Waals surface area contributed by atoms with Crippen LogP contribution in [0, 0.1) is 0 Å². The summed E-state index contributed by atoms with van der Waals surface area (Å²) in [6, 6.07) is 7.57. The molecule has 0 saturated carbocycles. The average Bonchev–Trinajstić information content (AvgIpc) is 2.65. The minimum absolute atomic E-state index is 0.0623. The molecule has 0 unspecified atom stereocenters. The number of anilines is 1. The number of halogens is 3. The molecule has 2 N–H and O–H groups in total. The van der Waals surface area contributed by atoms with E-state index in [1.165, 1.54) is 0 Å². The van der Waals surface area contributed by atoms with Gasteiger partial charge in [-0.1, -0.05) is 29.3 Å². The molecule has 1 saturated heterocycles. The second-order valence-electron chi connectivity index (χ2n) is 6.43. The molecule has 3 rings (SSSR count). The lowest BCUT2D eigenvalue weighted by molar-refractivity contribution is -0.120. The number of aromatic nitrogens is 2. The zero-order chi connectivity index (χ0) is 19.2. The highest BCUT2D eigenvalue weighted by Crippen LogP contribution is 2.24. The lowest BCUT2D eigenvalue weighted by Crippen LogP contribution is -2.45. The highest BCUT2D eigenvalue weighted by molar-refractivity contribution is 6.42. The van der Waals surface area contributed by atoms with Gasteiger partial charge in [0.1, 0.15) is 5.82 Å². The fourth-order valence-corrected chi connectivity index (χ4v) is 3.48. The number of benzene rings is 1. The molecule has 9 heteroatoms. The number of piperidine rings is 1. The first kappa shape index (κ1) is 20.1. The van der Waals surface area contributed by atoms with E-state index in [1.54, 1.807) is 12.3 Å². The van der Waals surface area contributed by atoms with Crippen molar-refractivity contribution in [2.45, 2.75) is 25.4 Å². The van der Waals surface area contributed by atoms with Gasteiger partial charge in [-0.3, -0.25) is 9.69 Å². The number of carbonyl (C=O) groups is 1. The van der Waals surface area contributed by atoms with Crippen LogP contribution >= 0.6 is 34.8 Å². The number of likely N-dealkylation sites (tertiary alicyclic amines) is 1. The Kier molecular flexibility index (Phi) is 7.13. The van der Waals surface area contributed by atoms with E-state index in [-0.39, 0.29) is 23.8 Å². The minimum atomic E-state index is -0.0623. The van der Waals surface area contributed by atoms with E-state index in [0.29, 0.717) is 15.9 Å². The topological polar surface area (TPSA) is 70.1 Å². The highest BCUT2D eigenvalue weighted by Gasteiger charge is 2.20. The molecular weight excluding hydrogens is 409 g/mol. The summed E-state index contributed by atoms with van der Waals surface area (Å²) in [5.74, 6) is 0.467. The molecule has 6 nitrogen and oxygen atoms in total. The van der Waals surface area contributed by atoms with Crippen molar-refractivity contribution < 1.29 is 4.79 Å². The van der Waals surface area contributed by atoms with Gasteiger partial charge >= 0.3 is 0 Å². The fraction of sp³-hybridized carbons (Fsp3) is 0.389. The molecule has 1 aromatic carbocycles. The van der Waals surface area contributed by atoms with E-state index in [4.69, 9.17) is 34.8 Å². The second kappa shape index (κ2) is 9.55. The third kappa shape index (κ3) is 6.21. The lowest BCUT2D eigenvalue weighted by atomic mass is 10.0. The van der Waals surface area contributed by atoms with Gasteiger partial charge in [-0.25, -0.2) is 9.97 Å². The molecule has 1 fully saturated rings. The molecule has 144 valence electrons. The summed E-state index contributed by atoms with van der Waals surface area (Å²) in [5, 5.41) is 7.30. The quantitative estimate of drug-likeness (QED) is 0.688. The zero-order valence-electron chi connectivity index (χ0n) is 14.6. The normalized spacial score (nSPS) is 15.5. The molecule has 27 heavy (non-hydrogen) atoms. The Balaban J connectivity index is 1.39. The van der Waals surface area contributed by atoms with Crippen molar-refractivity contribution in [1.29, 1.82) is 0 Å². The monoisotopic (exact) mass is 427 g/mol. The van der Waals surface area contributed by atoms with Crippen LogP contribution in [0.15, 0.2) is 30.5 Å². The summed E-state index contributed by atoms with van der Waals surface area (Å²) in [5.41, 5.74) is 1.14. The van der Waals surface area contributed by atoms with Crippen molar-refractivity contribution in [3.8, 4) is 0 Å². The van der Waals surface area contributed by atoms with Gasteiger partial charge in [0, 0.05) is 31.9 Å². The van der Waals surface area contributed by atoms with Gasteiger partial charge in [0.2, 0.25) is 11.2 Å². The molecule has 0 bridgehead atoms. The van der Waals surface area contributed by atoms with Crippen molar-refractivity contribution in [2.24, 2.45) is 0 Å². The summed E-state index contributed by atoms with van der Waals surface area (Å²) >= 11 is 17.8. The van der Waals surface area contributed by atoms with Gasteiger partial charge in [-0.2, -0.15) is 0 Å². The molecule has 0 aliphatic carbocycles. The molecule has 0 spiro atoms. The molecule has 2 heterocycles. The van der Waals surface area contributed by atoms with Gasteiger partial charge in [0.25, 0.3) is 0 Å². The smallest absolute Gasteiger partial charge is 0.239 e. The Labute approximate surface area is 173 Å². The molecule has 1 aliphatic heterocycles. The lowest BCUT2D eigenvalue weighted by Gasteiger charge is -2.32. The maximum Gasteiger partial charge on any atom is 0.239 e. The Morgan fingerprint density at radius 2 is 1.93 bits per heavy atom. The third-order valence-corrected chi connectivity index (χ3v) is 5.32. The molecule has 1 aromatic heterocycles. The molecular formula is C18H20Cl3N5O. The number of nitrogens with zero attached hydrogens (tertiary/aromatic N) is 3. The Hall–Kier alpha value is -1.60. The summed E-state index contributed by atoms with van der Waals surface area (Å²) in [6.07, 6.45) is 3.36. The van der Waals surface area contributed by atoms with Crippen LogP contribution in [0.4, 0.5) is 5.82 Å². The number of nitrogens with one attached hydrogen (secondary N) is 2. The van der Waals surface area contributed by atoms with Crippen molar-refractivity contribution in [3.05, 3.63) is 51.4 Å². The van der Waals surface area contributed by atoms with E-state index < -0.39 is 0 Å². The Morgan fingerprint density at radius 1 is 1.15 bits per heavy atom. The maximum absolute atomic E-state index is 12.1. The van der Waals surface area contributed by atoms with Crippen LogP contribution < -0.4 is 10.6 Å². The van der Waals surface area contributed by atoms with E-state index in [2.05, 4.69) is 25.5 Å². The first-order chi connectivity index (χ1) is 13.0. The van der Waals surface area contributed by atoms with Crippen molar-refractivity contribution in [3.63, 3.8) is 0 Å². The second-order valence-corrected chi connectivity index (χ2v) is 7.58. The number of hydrogen-bond acceptors (Lipinski definition) is 5. The van der Waals surface area contributed by atoms with Gasteiger partial charge < -0.3 is 10.6 Å². The standard InChI is InChI=1S/C18H20Cl3N5O/c19-14-2-1-12(9-15(14)20)11-26-7-4-13(5-8-26)24-17(27)10-23-16-3-6-22-18(21)25-16/h1-3,6,9,13H,4-5,7-8,10-11H2,(H,24,27)(H,22,23,25). The highest BCUT2D eigenvalue weighted by atomic mass is 35.5. The van der Waals surface area contributed by atoms with Crippen LogP contribution in [0.3, 0.4) is 0 Å². The summed E-state index contributed by atoms with van der Waals surface area (Å²) in [4.78, 5) is 22.3. The first-order valence-corrected chi connectivity index (χ1v) is 9.81. The zero-order valence-corrected chi connectivity index (χ0v) is 16.9. The number of hydrogen-bond donors (Lipinski definition) is 2. The van der Waals surface area contributed by atoms with Crippen LogP contribution in [0.5, 0.6) is 0 Å². The molecule has 0 radical (unpaired) electrons. The predicted octanol–water partition coefficient (Wildman–Crippen LogP) is 3.63. The van der Waals surface area contributed by atoms with Gasteiger partial charge in [-0.05, 0) is 48.2 Å². The average molecular weight is 429 g/mol. The first-order valence-electron chi connectivity index (χ1n) is 8.67. The molecule has 0 atom stereocenters. The van der Waals surface area contributed by atoms with Gasteiger partial charge in [-0.15, -0.1) is 0 Å². The van der Waals surface area contributed by atoms with Crippen LogP contribution in [0.25, 0.3) is 0 Å². The fourth-order valence-electron chi connectivity index (χ4n) is 3.01. The molecule has 1 aliphatic rings. The summed E-state index contributed by atoms with van der Waals surface area (Å²) < 4.78 is 0. The van der Waals surface area contributed by atoms with E-state index >= 15 is 0 Å². The summed E-state index contributed by atoms with van der Waals surface area (Å²) in [6.45, 7) is 2.81. The number of carbonyl (C=O) groups excluding carboxylic acids is 1. The Morgan fingerprint density at radius 3 is 2.63 bits per heavy atom. The SMILES string of the molecule is O=C(CNc1ccnc(Cl)n1)NC1CCN(Cc2ccc(Cl)c(Cl)c2)CC1. The number of rotatable bonds is 6.